The van der Waals surface area contributed by atoms with Gasteiger partial charge in [-0.25, -0.2) is 0 Å². The normalized spacial score (nSPS) is 16.5. The average Bonchev–Trinajstić information content (AvgIpc) is 3.24. The van der Waals surface area contributed by atoms with Crippen LogP contribution >= 0.6 is 0 Å². The third-order valence-electron chi connectivity index (χ3n) is 5.20. The number of ether oxygens (including phenoxy) is 1. The molecule has 0 spiro atoms. The molecule has 29 heavy (non-hydrogen) atoms. The molecule has 4 rings (SSSR count). The van der Waals surface area contributed by atoms with Crippen LogP contribution in [-0.4, -0.2) is 34.9 Å². The van der Waals surface area contributed by atoms with Gasteiger partial charge >= 0.3 is 0 Å². The SMILES string of the molecule is O=C(Nc1ccccc1Oc1cccnc1)[C@@H]1CCCN1CCc1ccccc1. The standard InChI is InChI=1S/C24H25N3O2/c28-24(22-12-7-16-27(22)17-14-19-8-2-1-3-9-19)26-21-11-4-5-13-23(21)29-20-10-6-15-25-18-20/h1-6,8-11,13,15,18,22H,7,12,14,16-17H2,(H,26,28)/t22-/m0/s1. The maximum Gasteiger partial charge on any atom is 0.241 e. The van der Waals surface area contributed by atoms with E-state index in [1.807, 2.05) is 42.5 Å². The van der Waals surface area contributed by atoms with Crippen LogP contribution in [0.1, 0.15) is 18.4 Å². The van der Waals surface area contributed by atoms with Crippen molar-refractivity contribution in [3.05, 3.63) is 84.7 Å². The van der Waals surface area contributed by atoms with Gasteiger partial charge in [-0.3, -0.25) is 14.7 Å². The fourth-order valence-corrected chi connectivity index (χ4v) is 3.72. The van der Waals surface area contributed by atoms with E-state index in [0.29, 0.717) is 17.2 Å². The zero-order chi connectivity index (χ0) is 19.9. The van der Waals surface area contributed by atoms with Gasteiger partial charge in [0.1, 0.15) is 5.75 Å². The molecule has 1 amide bonds. The van der Waals surface area contributed by atoms with Crippen molar-refractivity contribution in [3.8, 4) is 11.5 Å². The van der Waals surface area contributed by atoms with Gasteiger partial charge in [-0.05, 0) is 55.6 Å². The first-order valence-electron chi connectivity index (χ1n) is 10.1. The number of nitrogens with one attached hydrogen (secondary N) is 1. The van der Waals surface area contributed by atoms with Gasteiger partial charge in [0.2, 0.25) is 5.91 Å². The second-order valence-corrected chi connectivity index (χ2v) is 7.21. The molecule has 0 radical (unpaired) electrons. The van der Waals surface area contributed by atoms with Crippen LogP contribution < -0.4 is 10.1 Å². The molecular formula is C24H25N3O2. The predicted octanol–water partition coefficient (Wildman–Crippen LogP) is 4.52. The van der Waals surface area contributed by atoms with Gasteiger partial charge in [0.15, 0.2) is 5.75 Å². The number of nitrogens with zero attached hydrogens (tertiary/aromatic N) is 2. The van der Waals surface area contributed by atoms with E-state index >= 15 is 0 Å². The summed E-state index contributed by atoms with van der Waals surface area (Å²) in [7, 11) is 0. The lowest BCUT2D eigenvalue weighted by atomic mass is 10.1. The largest absolute Gasteiger partial charge is 0.454 e. The van der Waals surface area contributed by atoms with Gasteiger partial charge in [0.05, 0.1) is 17.9 Å². The first-order valence-corrected chi connectivity index (χ1v) is 10.1. The molecule has 0 saturated carbocycles. The molecular weight excluding hydrogens is 362 g/mol. The van der Waals surface area contributed by atoms with Crippen LogP contribution in [0.15, 0.2) is 79.1 Å². The smallest absolute Gasteiger partial charge is 0.241 e. The van der Waals surface area contributed by atoms with E-state index in [1.54, 1.807) is 12.4 Å². The number of carbonyl (C=O) groups is 1. The summed E-state index contributed by atoms with van der Waals surface area (Å²) in [5.74, 6) is 1.28. The number of amides is 1. The predicted molar refractivity (Wildman–Crippen MR) is 114 cm³/mol. The highest BCUT2D eigenvalue weighted by atomic mass is 16.5. The fourth-order valence-electron chi connectivity index (χ4n) is 3.72. The lowest BCUT2D eigenvalue weighted by Gasteiger charge is -2.24. The molecule has 5 heteroatoms. The molecule has 0 aliphatic carbocycles. The molecule has 1 aliphatic rings. The first kappa shape index (κ1) is 19.2. The highest BCUT2D eigenvalue weighted by Gasteiger charge is 2.30. The molecule has 1 saturated heterocycles. The van der Waals surface area contributed by atoms with Crippen LogP contribution in [0, 0.1) is 0 Å². The Morgan fingerprint density at radius 2 is 1.90 bits per heavy atom. The van der Waals surface area contributed by atoms with Crippen LogP contribution in [0.25, 0.3) is 0 Å². The summed E-state index contributed by atoms with van der Waals surface area (Å²) in [6.45, 7) is 1.84. The highest BCUT2D eigenvalue weighted by Crippen LogP contribution is 2.29. The Hall–Kier alpha value is -3.18. The number of para-hydroxylation sites is 2. The summed E-state index contributed by atoms with van der Waals surface area (Å²) in [6, 6.07) is 21.5. The number of hydrogen-bond acceptors (Lipinski definition) is 4. The van der Waals surface area contributed by atoms with Crippen molar-refractivity contribution >= 4 is 11.6 Å². The van der Waals surface area contributed by atoms with Gasteiger partial charge in [0.25, 0.3) is 0 Å². The van der Waals surface area contributed by atoms with Gasteiger partial charge in [0, 0.05) is 12.7 Å². The van der Waals surface area contributed by atoms with E-state index in [1.165, 1.54) is 5.56 Å². The van der Waals surface area contributed by atoms with E-state index in [2.05, 4.69) is 39.5 Å². The van der Waals surface area contributed by atoms with Crippen molar-refractivity contribution in [3.63, 3.8) is 0 Å². The first-order chi connectivity index (χ1) is 14.3. The minimum Gasteiger partial charge on any atom is -0.454 e. The van der Waals surface area contributed by atoms with Crippen molar-refractivity contribution in [2.75, 3.05) is 18.4 Å². The Morgan fingerprint density at radius 3 is 2.72 bits per heavy atom. The summed E-state index contributed by atoms with van der Waals surface area (Å²) in [6.07, 6.45) is 6.23. The topological polar surface area (TPSA) is 54.5 Å². The minimum absolute atomic E-state index is 0.0257. The summed E-state index contributed by atoms with van der Waals surface area (Å²) < 4.78 is 5.91. The van der Waals surface area contributed by atoms with E-state index in [4.69, 9.17) is 4.74 Å². The number of hydrogen-bond donors (Lipinski definition) is 1. The maximum atomic E-state index is 13.0. The van der Waals surface area contributed by atoms with Gasteiger partial charge in [-0.2, -0.15) is 0 Å². The van der Waals surface area contributed by atoms with Gasteiger partial charge in [-0.15, -0.1) is 0 Å². The molecule has 2 heterocycles. The average molecular weight is 387 g/mol. The second-order valence-electron chi connectivity index (χ2n) is 7.21. The quantitative estimate of drug-likeness (QED) is 0.648. The lowest BCUT2D eigenvalue weighted by molar-refractivity contribution is -0.120. The number of rotatable bonds is 7. The number of benzene rings is 2. The Balaban J connectivity index is 1.41. The van der Waals surface area contributed by atoms with Crippen molar-refractivity contribution in [2.45, 2.75) is 25.3 Å². The Labute approximate surface area is 171 Å². The molecule has 3 aromatic rings. The summed E-state index contributed by atoms with van der Waals surface area (Å²) in [5.41, 5.74) is 1.98. The molecule has 1 aliphatic heterocycles. The molecule has 1 fully saturated rings. The third-order valence-corrected chi connectivity index (χ3v) is 5.20. The van der Waals surface area contributed by atoms with Crippen LogP contribution in [0.4, 0.5) is 5.69 Å². The number of carbonyl (C=O) groups excluding carboxylic acids is 1. The fraction of sp³-hybridized carbons (Fsp3) is 0.250. The maximum absolute atomic E-state index is 13.0. The Kier molecular flexibility index (Phi) is 6.17. The zero-order valence-corrected chi connectivity index (χ0v) is 16.3. The Bertz CT molecular complexity index is 931. The van der Waals surface area contributed by atoms with Gasteiger partial charge in [-0.1, -0.05) is 42.5 Å². The van der Waals surface area contributed by atoms with E-state index in [-0.39, 0.29) is 11.9 Å². The van der Waals surface area contributed by atoms with Crippen molar-refractivity contribution < 1.29 is 9.53 Å². The van der Waals surface area contributed by atoms with Crippen molar-refractivity contribution in [1.29, 1.82) is 0 Å². The van der Waals surface area contributed by atoms with Crippen LogP contribution in [0.5, 0.6) is 11.5 Å². The van der Waals surface area contributed by atoms with Crippen molar-refractivity contribution in [1.82, 2.24) is 9.88 Å². The number of likely N-dealkylation sites (tertiary alicyclic amines) is 1. The second kappa shape index (κ2) is 9.34. The number of aromatic nitrogens is 1. The highest BCUT2D eigenvalue weighted by molar-refractivity contribution is 5.96. The molecule has 1 N–H and O–H groups in total. The summed E-state index contributed by atoms with van der Waals surface area (Å²) in [5, 5.41) is 3.07. The number of pyridine rings is 1. The molecule has 1 atom stereocenters. The Morgan fingerprint density at radius 1 is 1.07 bits per heavy atom. The van der Waals surface area contributed by atoms with Crippen LogP contribution in [0.3, 0.4) is 0 Å². The van der Waals surface area contributed by atoms with Gasteiger partial charge < -0.3 is 10.1 Å². The lowest BCUT2D eigenvalue weighted by Crippen LogP contribution is -2.40. The van der Waals surface area contributed by atoms with E-state index in [0.717, 1.165) is 32.4 Å². The zero-order valence-electron chi connectivity index (χ0n) is 16.3. The molecule has 0 bridgehead atoms. The van der Waals surface area contributed by atoms with Crippen molar-refractivity contribution in [2.24, 2.45) is 0 Å². The summed E-state index contributed by atoms with van der Waals surface area (Å²) >= 11 is 0. The third kappa shape index (κ3) is 5.00. The van der Waals surface area contributed by atoms with E-state index < -0.39 is 0 Å². The minimum atomic E-state index is -0.106. The molecule has 5 nitrogen and oxygen atoms in total. The van der Waals surface area contributed by atoms with Crippen LogP contribution in [-0.2, 0) is 11.2 Å². The van der Waals surface area contributed by atoms with Crippen LogP contribution in [0.2, 0.25) is 0 Å². The molecule has 2 aromatic carbocycles. The summed E-state index contributed by atoms with van der Waals surface area (Å²) in [4.78, 5) is 19.4. The molecule has 0 unspecified atom stereocenters. The number of anilines is 1. The molecule has 1 aromatic heterocycles. The van der Waals surface area contributed by atoms with E-state index in [9.17, 15) is 4.79 Å². The molecule has 148 valence electrons. The monoisotopic (exact) mass is 387 g/mol.